The zero-order valence-electron chi connectivity index (χ0n) is 18.0. The molecule has 3 N–H and O–H groups in total. The summed E-state index contributed by atoms with van der Waals surface area (Å²) in [5.41, 5.74) is 1.27. The summed E-state index contributed by atoms with van der Waals surface area (Å²) >= 11 is 0. The third-order valence-corrected chi connectivity index (χ3v) is 4.88. The highest BCUT2D eigenvalue weighted by Gasteiger charge is 2.11. The number of hydrogen-bond donors (Lipinski definition) is 3. The van der Waals surface area contributed by atoms with Gasteiger partial charge in [0.1, 0.15) is 5.75 Å². The average molecular weight is 426 g/mol. The van der Waals surface area contributed by atoms with Crippen molar-refractivity contribution in [3.05, 3.63) is 60.2 Å². The molecule has 0 aromatic heterocycles. The number of nitrogens with zero attached hydrogens (tertiary/aromatic N) is 1. The third-order valence-electron chi connectivity index (χ3n) is 4.88. The Morgan fingerprint density at radius 1 is 0.871 bits per heavy atom. The lowest BCUT2D eigenvalue weighted by Gasteiger charge is -2.20. The molecule has 0 radical (unpaired) electrons. The van der Waals surface area contributed by atoms with Gasteiger partial charge >= 0.3 is 0 Å². The Kier molecular flexibility index (Phi) is 10.1. The Morgan fingerprint density at radius 2 is 1.55 bits per heavy atom. The predicted molar refractivity (Wildman–Crippen MR) is 121 cm³/mol. The van der Waals surface area contributed by atoms with E-state index in [0.717, 1.165) is 25.7 Å². The third kappa shape index (κ3) is 9.33. The maximum atomic E-state index is 12.1. The number of hydrogen-bond acceptors (Lipinski definition) is 4. The standard InChI is InChI=1S/C24H31N3O4/c1-19(28)27(18-15-23(30)26-21-11-13-22(29)14-12-21)17-8-3-2-7-16-25-24(31)20-9-5-4-6-10-20/h4-6,9-14,29H,2-3,7-8,15-18H2,1H3,(H,25,31)(H,26,30). The van der Waals surface area contributed by atoms with Crippen LogP contribution in [0.2, 0.25) is 0 Å². The van der Waals surface area contributed by atoms with Crippen LogP contribution in [0.5, 0.6) is 5.75 Å². The molecule has 0 saturated carbocycles. The predicted octanol–water partition coefficient (Wildman–Crippen LogP) is 3.56. The first-order valence-electron chi connectivity index (χ1n) is 10.6. The van der Waals surface area contributed by atoms with Gasteiger partial charge in [-0.05, 0) is 49.2 Å². The summed E-state index contributed by atoms with van der Waals surface area (Å²) in [4.78, 5) is 37.6. The molecule has 0 bridgehead atoms. The van der Waals surface area contributed by atoms with E-state index in [1.165, 1.54) is 19.1 Å². The molecule has 0 aliphatic rings. The number of nitrogens with one attached hydrogen (secondary N) is 2. The van der Waals surface area contributed by atoms with E-state index in [1.54, 1.807) is 29.2 Å². The summed E-state index contributed by atoms with van der Waals surface area (Å²) in [5.74, 6) is -0.146. The SMILES string of the molecule is CC(=O)N(CCCCCCNC(=O)c1ccccc1)CCC(=O)Nc1ccc(O)cc1. The number of unbranched alkanes of at least 4 members (excludes halogenated alkanes) is 3. The Balaban J connectivity index is 1.58. The molecular weight excluding hydrogens is 394 g/mol. The number of anilines is 1. The lowest BCUT2D eigenvalue weighted by atomic mass is 10.1. The van der Waals surface area contributed by atoms with Crippen molar-refractivity contribution in [2.75, 3.05) is 25.0 Å². The van der Waals surface area contributed by atoms with Gasteiger partial charge in [0.25, 0.3) is 5.91 Å². The van der Waals surface area contributed by atoms with E-state index in [2.05, 4.69) is 10.6 Å². The van der Waals surface area contributed by atoms with Crippen molar-refractivity contribution in [3.63, 3.8) is 0 Å². The number of phenolic OH excluding ortho intramolecular Hbond substituents is 1. The Bertz CT molecular complexity index is 838. The van der Waals surface area contributed by atoms with Gasteiger partial charge < -0.3 is 20.6 Å². The van der Waals surface area contributed by atoms with Crippen LogP contribution in [0.3, 0.4) is 0 Å². The highest BCUT2D eigenvalue weighted by molar-refractivity contribution is 5.94. The number of aromatic hydroxyl groups is 1. The number of amides is 3. The van der Waals surface area contributed by atoms with Crippen LogP contribution in [0.1, 0.15) is 49.4 Å². The molecule has 3 amide bonds. The van der Waals surface area contributed by atoms with Crippen molar-refractivity contribution >= 4 is 23.4 Å². The molecule has 2 aromatic carbocycles. The van der Waals surface area contributed by atoms with E-state index in [4.69, 9.17) is 0 Å². The number of rotatable bonds is 12. The second-order valence-electron chi connectivity index (χ2n) is 7.39. The fourth-order valence-corrected chi connectivity index (χ4v) is 3.11. The molecule has 2 aromatic rings. The van der Waals surface area contributed by atoms with Crippen molar-refractivity contribution in [2.24, 2.45) is 0 Å². The summed E-state index contributed by atoms with van der Waals surface area (Å²) in [6.07, 6.45) is 3.86. The van der Waals surface area contributed by atoms with Crippen LogP contribution in [0, 0.1) is 0 Å². The summed E-state index contributed by atoms with van der Waals surface area (Å²) in [6.45, 7) is 3.11. The van der Waals surface area contributed by atoms with Gasteiger partial charge in [-0.1, -0.05) is 31.0 Å². The fourth-order valence-electron chi connectivity index (χ4n) is 3.11. The molecule has 0 spiro atoms. The molecule has 166 valence electrons. The summed E-state index contributed by atoms with van der Waals surface area (Å²) < 4.78 is 0. The molecule has 7 nitrogen and oxygen atoms in total. The molecule has 0 saturated heterocycles. The molecule has 0 fully saturated rings. The Morgan fingerprint density at radius 3 is 2.23 bits per heavy atom. The molecule has 31 heavy (non-hydrogen) atoms. The molecule has 0 aliphatic carbocycles. The van der Waals surface area contributed by atoms with Crippen LogP contribution < -0.4 is 10.6 Å². The van der Waals surface area contributed by atoms with Crippen LogP contribution in [-0.2, 0) is 9.59 Å². The maximum absolute atomic E-state index is 12.1. The van der Waals surface area contributed by atoms with Crippen LogP contribution in [0.25, 0.3) is 0 Å². The number of carbonyl (C=O) groups is 3. The fraction of sp³-hybridized carbons (Fsp3) is 0.375. The molecule has 0 heterocycles. The van der Waals surface area contributed by atoms with Crippen molar-refractivity contribution in [2.45, 2.75) is 39.0 Å². The van der Waals surface area contributed by atoms with Crippen LogP contribution in [0.15, 0.2) is 54.6 Å². The molecule has 0 aliphatic heterocycles. The molecular formula is C24H31N3O4. The van der Waals surface area contributed by atoms with Crippen molar-refractivity contribution in [1.82, 2.24) is 10.2 Å². The van der Waals surface area contributed by atoms with E-state index < -0.39 is 0 Å². The highest BCUT2D eigenvalue weighted by Crippen LogP contribution is 2.14. The lowest BCUT2D eigenvalue weighted by molar-refractivity contribution is -0.129. The Labute approximate surface area is 183 Å². The van der Waals surface area contributed by atoms with Gasteiger partial charge in [0, 0.05) is 44.2 Å². The van der Waals surface area contributed by atoms with E-state index in [9.17, 15) is 19.5 Å². The van der Waals surface area contributed by atoms with E-state index >= 15 is 0 Å². The van der Waals surface area contributed by atoms with E-state index in [1.807, 2.05) is 18.2 Å². The normalized spacial score (nSPS) is 10.4. The number of carbonyl (C=O) groups excluding carboxylic acids is 3. The number of benzene rings is 2. The molecule has 0 unspecified atom stereocenters. The summed E-state index contributed by atoms with van der Waals surface area (Å²) in [5, 5.41) is 14.9. The van der Waals surface area contributed by atoms with Gasteiger partial charge in [0.15, 0.2) is 0 Å². The number of phenols is 1. The van der Waals surface area contributed by atoms with Crippen molar-refractivity contribution in [3.8, 4) is 5.75 Å². The van der Waals surface area contributed by atoms with Gasteiger partial charge in [-0.25, -0.2) is 0 Å². The molecule has 0 atom stereocenters. The van der Waals surface area contributed by atoms with Gasteiger partial charge in [0.2, 0.25) is 11.8 Å². The minimum Gasteiger partial charge on any atom is -0.508 e. The van der Waals surface area contributed by atoms with Gasteiger partial charge in [-0.2, -0.15) is 0 Å². The zero-order chi connectivity index (χ0) is 22.5. The average Bonchev–Trinajstić information content (AvgIpc) is 2.76. The largest absolute Gasteiger partial charge is 0.508 e. The second-order valence-corrected chi connectivity index (χ2v) is 7.39. The zero-order valence-corrected chi connectivity index (χ0v) is 18.0. The monoisotopic (exact) mass is 425 g/mol. The van der Waals surface area contributed by atoms with Gasteiger partial charge in [0.05, 0.1) is 0 Å². The maximum Gasteiger partial charge on any atom is 0.251 e. The van der Waals surface area contributed by atoms with Crippen LogP contribution >= 0.6 is 0 Å². The Hall–Kier alpha value is -3.35. The van der Waals surface area contributed by atoms with E-state index in [-0.39, 0.29) is 29.9 Å². The second kappa shape index (κ2) is 13.1. The van der Waals surface area contributed by atoms with Gasteiger partial charge in [-0.15, -0.1) is 0 Å². The van der Waals surface area contributed by atoms with Gasteiger partial charge in [-0.3, -0.25) is 14.4 Å². The van der Waals surface area contributed by atoms with Crippen molar-refractivity contribution < 1.29 is 19.5 Å². The topological polar surface area (TPSA) is 98.7 Å². The minimum absolute atomic E-state index is 0.0486. The van der Waals surface area contributed by atoms with Crippen LogP contribution in [-0.4, -0.2) is 47.4 Å². The minimum atomic E-state index is -0.175. The smallest absolute Gasteiger partial charge is 0.251 e. The first kappa shape index (κ1) is 23.9. The highest BCUT2D eigenvalue weighted by atomic mass is 16.3. The summed E-state index contributed by atoms with van der Waals surface area (Å²) in [7, 11) is 0. The quantitative estimate of drug-likeness (QED) is 0.358. The van der Waals surface area contributed by atoms with E-state index in [0.29, 0.717) is 30.9 Å². The molecule has 2 rings (SSSR count). The van der Waals surface area contributed by atoms with Crippen molar-refractivity contribution in [1.29, 1.82) is 0 Å². The first-order valence-corrected chi connectivity index (χ1v) is 10.6. The first-order chi connectivity index (χ1) is 15.0. The lowest BCUT2D eigenvalue weighted by Crippen LogP contribution is -2.33. The summed E-state index contributed by atoms with van der Waals surface area (Å²) in [6, 6.07) is 15.4. The molecule has 7 heteroatoms. The van der Waals surface area contributed by atoms with Crippen LogP contribution in [0.4, 0.5) is 5.69 Å².